The highest BCUT2D eigenvalue weighted by atomic mass is 79.9. The molecule has 96 valence electrons. The number of hydrogen-bond donors (Lipinski definition) is 1. The third-order valence-corrected chi connectivity index (χ3v) is 3.02. The van der Waals surface area contributed by atoms with Gasteiger partial charge in [0.2, 0.25) is 5.88 Å². The molecule has 4 nitrogen and oxygen atoms in total. The molecular weight excluding hydrogens is 301 g/mol. The highest BCUT2D eigenvalue weighted by Crippen LogP contribution is 2.32. The van der Waals surface area contributed by atoms with Crippen molar-refractivity contribution in [3.05, 3.63) is 34.2 Å². The number of rotatable bonds is 3. The summed E-state index contributed by atoms with van der Waals surface area (Å²) in [6, 6.07) is 4.58. The van der Waals surface area contributed by atoms with Gasteiger partial charge >= 0.3 is 0 Å². The number of aryl methyl sites for hydroxylation is 2. The van der Waals surface area contributed by atoms with Gasteiger partial charge in [0.25, 0.3) is 0 Å². The molecule has 1 heterocycles. The van der Waals surface area contributed by atoms with E-state index in [1.165, 1.54) is 6.07 Å². The van der Waals surface area contributed by atoms with Crippen LogP contribution in [-0.2, 0) is 6.54 Å². The van der Waals surface area contributed by atoms with E-state index in [0.717, 1.165) is 0 Å². The molecule has 0 saturated carbocycles. The first-order chi connectivity index (χ1) is 8.52. The Morgan fingerprint density at radius 3 is 2.83 bits per heavy atom. The number of nitrogens with two attached hydrogens (primary N) is 1. The third kappa shape index (κ3) is 2.33. The maximum absolute atomic E-state index is 13.7. The van der Waals surface area contributed by atoms with E-state index < -0.39 is 5.82 Å². The van der Waals surface area contributed by atoms with Crippen molar-refractivity contribution in [3.8, 4) is 11.6 Å². The second-order valence-corrected chi connectivity index (χ2v) is 4.71. The zero-order valence-corrected chi connectivity index (χ0v) is 11.7. The minimum Gasteiger partial charge on any atom is -0.434 e. The molecule has 0 radical (unpaired) electrons. The van der Waals surface area contributed by atoms with Gasteiger partial charge in [0.15, 0.2) is 11.6 Å². The number of halogens is 2. The molecule has 2 rings (SSSR count). The van der Waals surface area contributed by atoms with Crippen LogP contribution in [0.3, 0.4) is 0 Å². The summed E-state index contributed by atoms with van der Waals surface area (Å²) in [7, 11) is 0. The summed E-state index contributed by atoms with van der Waals surface area (Å²) in [4.78, 5) is 0. The molecule has 0 aliphatic rings. The second-order valence-electron chi connectivity index (χ2n) is 3.80. The first-order valence-corrected chi connectivity index (χ1v) is 6.28. The number of nitrogens with zero attached hydrogens (tertiary/aromatic N) is 2. The summed E-state index contributed by atoms with van der Waals surface area (Å²) in [6.07, 6.45) is 0. The van der Waals surface area contributed by atoms with Crippen LogP contribution in [-0.4, -0.2) is 9.78 Å². The molecule has 1 aromatic carbocycles. The maximum Gasteiger partial charge on any atom is 0.241 e. The fraction of sp³-hybridized carbons (Fsp3) is 0.250. The predicted molar refractivity (Wildman–Crippen MR) is 71.2 cm³/mol. The molecule has 18 heavy (non-hydrogen) atoms. The van der Waals surface area contributed by atoms with Crippen molar-refractivity contribution in [3.63, 3.8) is 0 Å². The maximum atomic E-state index is 13.7. The number of nitrogen functional groups attached to an aromatic ring is 1. The monoisotopic (exact) mass is 313 g/mol. The topological polar surface area (TPSA) is 53.1 Å². The van der Waals surface area contributed by atoms with Gasteiger partial charge in [0.1, 0.15) is 5.69 Å². The lowest BCUT2D eigenvalue weighted by molar-refractivity contribution is 0.394. The third-order valence-electron chi connectivity index (χ3n) is 2.53. The van der Waals surface area contributed by atoms with Gasteiger partial charge in [0.05, 0.1) is 5.69 Å². The molecule has 2 aromatic rings. The molecule has 0 aliphatic heterocycles. The largest absolute Gasteiger partial charge is 0.434 e. The number of hydrogen-bond acceptors (Lipinski definition) is 3. The van der Waals surface area contributed by atoms with Gasteiger partial charge in [-0.3, -0.25) is 0 Å². The van der Waals surface area contributed by atoms with Gasteiger partial charge < -0.3 is 10.5 Å². The Hall–Kier alpha value is -1.56. The summed E-state index contributed by atoms with van der Waals surface area (Å²) in [5, 5.41) is 4.21. The lowest BCUT2D eigenvalue weighted by Crippen LogP contribution is -2.01. The van der Waals surface area contributed by atoms with Crippen LogP contribution in [0, 0.1) is 12.7 Å². The van der Waals surface area contributed by atoms with E-state index >= 15 is 0 Å². The molecule has 0 spiro atoms. The predicted octanol–water partition coefficient (Wildman–Crippen LogP) is 3.49. The Labute approximate surface area is 113 Å². The van der Waals surface area contributed by atoms with Crippen LogP contribution in [0.5, 0.6) is 11.6 Å². The summed E-state index contributed by atoms with van der Waals surface area (Å²) < 4.78 is 21.5. The first-order valence-electron chi connectivity index (χ1n) is 5.48. The van der Waals surface area contributed by atoms with Gasteiger partial charge in [-0.2, -0.15) is 5.10 Å². The Balaban J connectivity index is 2.39. The van der Waals surface area contributed by atoms with Crippen LogP contribution in [0.15, 0.2) is 22.7 Å². The SMILES string of the molecule is CCn1nc(C)c(N)c1Oc1ccc(Br)cc1F. The van der Waals surface area contributed by atoms with Crippen molar-refractivity contribution >= 4 is 21.6 Å². The van der Waals surface area contributed by atoms with Crippen LogP contribution in [0.4, 0.5) is 10.1 Å². The van der Waals surface area contributed by atoms with Gasteiger partial charge in [-0.05, 0) is 32.0 Å². The number of anilines is 1. The van der Waals surface area contributed by atoms with E-state index in [2.05, 4.69) is 21.0 Å². The van der Waals surface area contributed by atoms with Crippen molar-refractivity contribution in [1.29, 1.82) is 0 Å². The van der Waals surface area contributed by atoms with Crippen LogP contribution in [0.1, 0.15) is 12.6 Å². The van der Waals surface area contributed by atoms with Crippen LogP contribution in [0.25, 0.3) is 0 Å². The van der Waals surface area contributed by atoms with E-state index in [1.54, 1.807) is 23.7 Å². The average molecular weight is 314 g/mol. The summed E-state index contributed by atoms with van der Waals surface area (Å²) >= 11 is 3.19. The molecule has 2 N–H and O–H groups in total. The Bertz CT molecular complexity index is 583. The minimum atomic E-state index is -0.453. The van der Waals surface area contributed by atoms with Crippen molar-refractivity contribution < 1.29 is 9.13 Å². The van der Waals surface area contributed by atoms with Crippen molar-refractivity contribution in [2.45, 2.75) is 20.4 Å². The minimum absolute atomic E-state index is 0.125. The smallest absolute Gasteiger partial charge is 0.241 e. The van der Waals surface area contributed by atoms with E-state index in [0.29, 0.717) is 28.3 Å². The molecule has 0 bridgehead atoms. The molecule has 0 atom stereocenters. The van der Waals surface area contributed by atoms with E-state index in [1.807, 2.05) is 6.92 Å². The second kappa shape index (κ2) is 4.97. The van der Waals surface area contributed by atoms with Gasteiger partial charge in [-0.1, -0.05) is 15.9 Å². The molecular formula is C12H13BrFN3O. The van der Waals surface area contributed by atoms with Crippen LogP contribution in [0.2, 0.25) is 0 Å². The standard InChI is InChI=1S/C12H13BrFN3O/c1-3-17-12(11(15)7(2)16-17)18-10-5-4-8(13)6-9(10)14/h4-6H,3,15H2,1-2H3. The summed E-state index contributed by atoms with van der Waals surface area (Å²) in [5.41, 5.74) is 6.97. The molecule has 6 heteroatoms. The lowest BCUT2D eigenvalue weighted by atomic mass is 10.3. The quantitative estimate of drug-likeness (QED) is 0.943. The van der Waals surface area contributed by atoms with Crippen molar-refractivity contribution in [2.75, 3.05) is 5.73 Å². The van der Waals surface area contributed by atoms with E-state index in [4.69, 9.17) is 10.5 Å². The number of aromatic nitrogens is 2. The van der Waals surface area contributed by atoms with Crippen LogP contribution >= 0.6 is 15.9 Å². The van der Waals surface area contributed by atoms with Crippen LogP contribution < -0.4 is 10.5 Å². The average Bonchev–Trinajstić information content (AvgIpc) is 2.60. The molecule has 0 fully saturated rings. The van der Waals surface area contributed by atoms with E-state index in [9.17, 15) is 4.39 Å². The normalized spacial score (nSPS) is 10.7. The molecule has 0 amide bonds. The highest BCUT2D eigenvalue weighted by molar-refractivity contribution is 9.10. The van der Waals surface area contributed by atoms with Gasteiger partial charge in [-0.25, -0.2) is 9.07 Å². The fourth-order valence-corrected chi connectivity index (χ4v) is 1.89. The van der Waals surface area contributed by atoms with E-state index in [-0.39, 0.29) is 5.75 Å². The molecule has 0 saturated heterocycles. The van der Waals surface area contributed by atoms with Gasteiger partial charge in [-0.15, -0.1) is 0 Å². The molecule has 0 aliphatic carbocycles. The Kier molecular flexibility index (Phi) is 3.56. The Morgan fingerprint density at radius 2 is 2.22 bits per heavy atom. The lowest BCUT2D eigenvalue weighted by Gasteiger charge is -2.09. The number of ether oxygens (including phenoxy) is 1. The molecule has 0 unspecified atom stereocenters. The zero-order chi connectivity index (χ0) is 13.3. The van der Waals surface area contributed by atoms with Crippen molar-refractivity contribution in [2.24, 2.45) is 0 Å². The van der Waals surface area contributed by atoms with Crippen molar-refractivity contribution in [1.82, 2.24) is 9.78 Å². The summed E-state index contributed by atoms with van der Waals surface area (Å²) in [6.45, 7) is 4.30. The van der Waals surface area contributed by atoms with Gasteiger partial charge in [0, 0.05) is 11.0 Å². The summed E-state index contributed by atoms with van der Waals surface area (Å²) in [5.74, 6) is 0.0426. The first kappa shape index (κ1) is 12.9. The fourth-order valence-electron chi connectivity index (χ4n) is 1.56. The number of benzene rings is 1. The zero-order valence-electron chi connectivity index (χ0n) is 10.1. The molecule has 1 aromatic heterocycles. The highest BCUT2D eigenvalue weighted by Gasteiger charge is 2.15. The Morgan fingerprint density at radius 1 is 1.50 bits per heavy atom.